The molecule has 2 rings (SSSR count). The lowest BCUT2D eigenvalue weighted by atomic mass is 10.1. The number of amidine groups is 1. The van der Waals surface area contributed by atoms with Gasteiger partial charge in [0.15, 0.2) is 0 Å². The van der Waals surface area contributed by atoms with Gasteiger partial charge in [-0.2, -0.15) is 0 Å². The fourth-order valence-corrected chi connectivity index (χ4v) is 2.98. The molecule has 92 valence electrons. The second-order valence-electron chi connectivity index (χ2n) is 4.24. The van der Waals surface area contributed by atoms with Crippen molar-refractivity contribution in [3.05, 3.63) is 27.2 Å². The van der Waals surface area contributed by atoms with Crippen LogP contribution in [0.4, 0.5) is 5.69 Å². The van der Waals surface area contributed by atoms with Gasteiger partial charge in [-0.25, -0.2) is 4.99 Å². The molecule has 2 N–H and O–H groups in total. The van der Waals surface area contributed by atoms with Gasteiger partial charge >= 0.3 is 0 Å². The molecular formula is C12H13Cl3N2. The van der Waals surface area contributed by atoms with Crippen molar-refractivity contribution in [3.8, 4) is 0 Å². The van der Waals surface area contributed by atoms with Gasteiger partial charge in [-0.1, -0.05) is 47.6 Å². The molecule has 0 heterocycles. The maximum absolute atomic E-state index is 6.05. The summed E-state index contributed by atoms with van der Waals surface area (Å²) in [5.41, 5.74) is 6.50. The lowest BCUT2D eigenvalue weighted by molar-refractivity contribution is 0.722. The number of rotatable bonds is 2. The molecular weight excluding hydrogens is 279 g/mol. The average molecular weight is 292 g/mol. The van der Waals surface area contributed by atoms with Crippen molar-refractivity contribution in [2.45, 2.75) is 25.7 Å². The minimum Gasteiger partial charge on any atom is -0.387 e. The second-order valence-corrected chi connectivity index (χ2v) is 5.49. The number of hydrogen-bond acceptors (Lipinski definition) is 1. The number of nitrogens with zero attached hydrogens (tertiary/aromatic N) is 1. The van der Waals surface area contributed by atoms with Gasteiger partial charge in [0.25, 0.3) is 0 Å². The Hall–Kier alpha value is -0.440. The highest BCUT2D eigenvalue weighted by molar-refractivity contribution is 6.41. The van der Waals surface area contributed by atoms with E-state index in [-0.39, 0.29) is 0 Å². The fourth-order valence-electron chi connectivity index (χ4n) is 2.08. The zero-order chi connectivity index (χ0) is 12.4. The molecule has 5 heteroatoms. The SMILES string of the molecule is NC(=Nc1c(Cl)cc(Cl)cc1Cl)C1CCCC1. The quantitative estimate of drug-likeness (QED) is 0.615. The van der Waals surface area contributed by atoms with Gasteiger partial charge in [0, 0.05) is 10.9 Å². The van der Waals surface area contributed by atoms with Gasteiger partial charge in [0.2, 0.25) is 0 Å². The monoisotopic (exact) mass is 290 g/mol. The molecule has 1 fully saturated rings. The van der Waals surface area contributed by atoms with Gasteiger partial charge in [-0.3, -0.25) is 0 Å². The number of halogens is 3. The minimum absolute atomic E-state index is 0.359. The summed E-state index contributed by atoms with van der Waals surface area (Å²) in [6, 6.07) is 3.24. The van der Waals surface area contributed by atoms with E-state index in [9.17, 15) is 0 Å². The fraction of sp³-hybridized carbons (Fsp3) is 0.417. The van der Waals surface area contributed by atoms with Crippen LogP contribution in [0, 0.1) is 5.92 Å². The summed E-state index contributed by atoms with van der Waals surface area (Å²) in [5, 5.41) is 1.37. The first kappa shape index (κ1) is 13.0. The lowest BCUT2D eigenvalue weighted by Crippen LogP contribution is -2.20. The van der Waals surface area contributed by atoms with E-state index in [1.165, 1.54) is 12.8 Å². The number of hydrogen-bond donors (Lipinski definition) is 1. The molecule has 17 heavy (non-hydrogen) atoms. The highest BCUT2D eigenvalue weighted by Gasteiger charge is 2.19. The first-order chi connectivity index (χ1) is 8.08. The first-order valence-electron chi connectivity index (χ1n) is 5.56. The van der Waals surface area contributed by atoms with E-state index < -0.39 is 0 Å². The molecule has 0 aliphatic heterocycles. The molecule has 1 saturated carbocycles. The van der Waals surface area contributed by atoms with Crippen LogP contribution in [0.2, 0.25) is 15.1 Å². The van der Waals surface area contributed by atoms with Crippen LogP contribution >= 0.6 is 34.8 Å². The third-order valence-electron chi connectivity index (χ3n) is 3.00. The van der Waals surface area contributed by atoms with Crippen LogP contribution in [0.15, 0.2) is 17.1 Å². The third kappa shape index (κ3) is 3.06. The second kappa shape index (κ2) is 5.47. The summed E-state index contributed by atoms with van der Waals surface area (Å²) in [6.07, 6.45) is 4.61. The largest absolute Gasteiger partial charge is 0.387 e. The van der Waals surface area contributed by atoms with Crippen LogP contribution in [-0.4, -0.2) is 5.84 Å². The molecule has 1 aromatic carbocycles. The van der Waals surface area contributed by atoms with Crippen LogP contribution in [0.5, 0.6) is 0 Å². The summed E-state index contributed by atoms with van der Waals surface area (Å²) in [4.78, 5) is 4.35. The topological polar surface area (TPSA) is 38.4 Å². The Kier molecular flexibility index (Phi) is 4.18. The Morgan fingerprint density at radius 3 is 2.18 bits per heavy atom. The average Bonchev–Trinajstić information content (AvgIpc) is 2.76. The smallest absolute Gasteiger partial charge is 0.103 e. The third-order valence-corrected chi connectivity index (χ3v) is 3.79. The van der Waals surface area contributed by atoms with E-state index in [2.05, 4.69) is 4.99 Å². The van der Waals surface area contributed by atoms with Crippen LogP contribution in [0.3, 0.4) is 0 Å². The predicted octanol–water partition coefficient (Wildman–Crippen LogP) is 4.83. The summed E-state index contributed by atoms with van der Waals surface area (Å²) < 4.78 is 0. The molecule has 1 aliphatic rings. The van der Waals surface area contributed by atoms with Gasteiger partial charge < -0.3 is 5.73 Å². The molecule has 0 bridgehead atoms. The normalized spacial score (nSPS) is 17.7. The van der Waals surface area contributed by atoms with E-state index in [0.29, 0.717) is 32.5 Å². The van der Waals surface area contributed by atoms with Crippen LogP contribution < -0.4 is 5.73 Å². The van der Waals surface area contributed by atoms with Crippen LogP contribution in [-0.2, 0) is 0 Å². The van der Waals surface area contributed by atoms with Gasteiger partial charge in [-0.15, -0.1) is 0 Å². The number of nitrogens with two attached hydrogens (primary N) is 1. The van der Waals surface area contributed by atoms with Crippen molar-refractivity contribution in [2.24, 2.45) is 16.6 Å². The van der Waals surface area contributed by atoms with E-state index in [1.54, 1.807) is 12.1 Å². The van der Waals surface area contributed by atoms with Crippen LogP contribution in [0.1, 0.15) is 25.7 Å². The molecule has 0 radical (unpaired) electrons. The Morgan fingerprint density at radius 2 is 1.65 bits per heavy atom. The molecule has 0 unspecified atom stereocenters. The Labute approximate surface area is 116 Å². The molecule has 0 spiro atoms. The summed E-state index contributed by atoms with van der Waals surface area (Å²) in [5.74, 6) is 0.978. The Balaban J connectivity index is 2.31. The van der Waals surface area contributed by atoms with E-state index in [0.717, 1.165) is 12.8 Å². The van der Waals surface area contributed by atoms with Crippen molar-refractivity contribution in [2.75, 3.05) is 0 Å². The minimum atomic E-state index is 0.359. The Morgan fingerprint density at radius 1 is 1.12 bits per heavy atom. The molecule has 0 aromatic heterocycles. The summed E-state index contributed by atoms with van der Waals surface area (Å²) in [6.45, 7) is 0. The van der Waals surface area contributed by atoms with Crippen molar-refractivity contribution in [1.82, 2.24) is 0 Å². The standard InChI is InChI=1S/C12H13Cl3N2/c13-8-5-9(14)11(10(15)6-8)17-12(16)7-3-1-2-4-7/h5-7H,1-4H2,(H2,16,17). The summed E-state index contributed by atoms with van der Waals surface area (Å²) in [7, 11) is 0. The maximum Gasteiger partial charge on any atom is 0.103 e. The highest BCUT2D eigenvalue weighted by atomic mass is 35.5. The molecule has 0 atom stereocenters. The molecule has 1 aromatic rings. The van der Waals surface area contributed by atoms with Gasteiger partial charge in [-0.05, 0) is 25.0 Å². The molecule has 2 nitrogen and oxygen atoms in total. The Bertz CT molecular complexity index is 428. The van der Waals surface area contributed by atoms with Gasteiger partial charge in [0.1, 0.15) is 11.5 Å². The van der Waals surface area contributed by atoms with Gasteiger partial charge in [0.05, 0.1) is 10.0 Å². The van der Waals surface area contributed by atoms with Crippen molar-refractivity contribution >= 4 is 46.3 Å². The maximum atomic E-state index is 6.05. The van der Waals surface area contributed by atoms with Crippen molar-refractivity contribution in [3.63, 3.8) is 0 Å². The van der Waals surface area contributed by atoms with Crippen LogP contribution in [0.25, 0.3) is 0 Å². The molecule has 1 aliphatic carbocycles. The van der Waals surface area contributed by atoms with E-state index in [4.69, 9.17) is 40.5 Å². The number of aliphatic imine (C=N–C) groups is 1. The van der Waals surface area contributed by atoms with E-state index >= 15 is 0 Å². The highest BCUT2D eigenvalue weighted by Crippen LogP contribution is 2.37. The van der Waals surface area contributed by atoms with Crippen molar-refractivity contribution < 1.29 is 0 Å². The molecule has 0 saturated heterocycles. The first-order valence-corrected chi connectivity index (χ1v) is 6.70. The lowest BCUT2D eigenvalue weighted by Gasteiger charge is -2.09. The van der Waals surface area contributed by atoms with E-state index in [1.807, 2.05) is 0 Å². The zero-order valence-corrected chi connectivity index (χ0v) is 11.5. The summed E-state index contributed by atoms with van der Waals surface area (Å²) >= 11 is 17.9. The molecule has 0 amide bonds. The van der Waals surface area contributed by atoms with Crippen molar-refractivity contribution in [1.29, 1.82) is 0 Å². The number of benzene rings is 1. The predicted molar refractivity (Wildman–Crippen MR) is 74.7 cm³/mol. The zero-order valence-electron chi connectivity index (χ0n) is 9.22.